The van der Waals surface area contributed by atoms with Crippen LogP contribution in [0.2, 0.25) is 0 Å². The van der Waals surface area contributed by atoms with E-state index in [0.29, 0.717) is 5.56 Å². The predicted octanol–water partition coefficient (Wildman–Crippen LogP) is 2.90. The van der Waals surface area contributed by atoms with Crippen LogP contribution in [0, 0.1) is 11.3 Å². The zero-order valence-corrected chi connectivity index (χ0v) is 11.6. The van der Waals surface area contributed by atoms with Gasteiger partial charge in [0.2, 0.25) is 0 Å². The van der Waals surface area contributed by atoms with Crippen LogP contribution in [0.15, 0.2) is 48.5 Å². The van der Waals surface area contributed by atoms with Crippen LogP contribution in [-0.4, -0.2) is 13.7 Å². The average Bonchev–Trinajstić information content (AvgIpc) is 2.52. The van der Waals surface area contributed by atoms with E-state index in [1.807, 2.05) is 36.4 Å². The van der Waals surface area contributed by atoms with E-state index in [0.717, 1.165) is 30.8 Å². The molecule has 0 aliphatic heterocycles. The maximum Gasteiger partial charge on any atom is 0.118 e. The minimum atomic E-state index is 0.708. The van der Waals surface area contributed by atoms with Crippen LogP contribution in [0.1, 0.15) is 16.7 Å². The molecule has 2 aromatic carbocycles. The zero-order chi connectivity index (χ0) is 14.2. The third kappa shape index (κ3) is 4.11. The van der Waals surface area contributed by atoms with E-state index in [-0.39, 0.29) is 0 Å². The number of benzene rings is 2. The second kappa shape index (κ2) is 7.32. The molecule has 102 valence electrons. The van der Waals surface area contributed by atoms with Crippen LogP contribution in [-0.2, 0) is 13.0 Å². The van der Waals surface area contributed by atoms with Crippen molar-refractivity contribution in [1.82, 2.24) is 5.32 Å². The van der Waals surface area contributed by atoms with Gasteiger partial charge >= 0.3 is 0 Å². The highest BCUT2D eigenvalue weighted by Gasteiger charge is 1.97. The summed E-state index contributed by atoms with van der Waals surface area (Å²) in [4.78, 5) is 0. The SMILES string of the molecule is COc1ccc(CCNCc2cccc(C#N)c2)cc1. The number of methoxy groups -OCH3 is 1. The third-order valence-corrected chi connectivity index (χ3v) is 3.13. The highest BCUT2D eigenvalue weighted by molar-refractivity contribution is 5.32. The second-order valence-electron chi connectivity index (χ2n) is 4.59. The van der Waals surface area contributed by atoms with Gasteiger partial charge in [0.15, 0.2) is 0 Å². The van der Waals surface area contributed by atoms with Crippen molar-refractivity contribution >= 4 is 0 Å². The third-order valence-electron chi connectivity index (χ3n) is 3.13. The van der Waals surface area contributed by atoms with Gasteiger partial charge in [0, 0.05) is 6.54 Å². The molecule has 0 aliphatic rings. The van der Waals surface area contributed by atoms with E-state index in [9.17, 15) is 0 Å². The molecule has 2 rings (SSSR count). The second-order valence-corrected chi connectivity index (χ2v) is 4.59. The van der Waals surface area contributed by atoms with Gasteiger partial charge in [-0.15, -0.1) is 0 Å². The van der Waals surface area contributed by atoms with E-state index in [1.54, 1.807) is 7.11 Å². The fourth-order valence-corrected chi connectivity index (χ4v) is 2.01. The van der Waals surface area contributed by atoms with E-state index >= 15 is 0 Å². The fraction of sp³-hybridized carbons (Fsp3) is 0.235. The van der Waals surface area contributed by atoms with Crippen LogP contribution < -0.4 is 10.1 Å². The molecule has 3 heteroatoms. The van der Waals surface area contributed by atoms with E-state index in [1.165, 1.54) is 5.56 Å². The minimum Gasteiger partial charge on any atom is -0.497 e. The first-order valence-electron chi connectivity index (χ1n) is 6.64. The maximum atomic E-state index is 8.84. The number of nitrogens with zero attached hydrogens (tertiary/aromatic N) is 1. The first kappa shape index (κ1) is 14.1. The summed E-state index contributed by atoms with van der Waals surface area (Å²) in [6, 6.07) is 18.0. The lowest BCUT2D eigenvalue weighted by Gasteiger charge is -2.06. The molecule has 0 radical (unpaired) electrons. The quantitative estimate of drug-likeness (QED) is 0.818. The zero-order valence-electron chi connectivity index (χ0n) is 11.6. The van der Waals surface area contributed by atoms with Crippen molar-refractivity contribution in [3.8, 4) is 11.8 Å². The van der Waals surface area contributed by atoms with Crippen LogP contribution in [0.25, 0.3) is 0 Å². The summed E-state index contributed by atoms with van der Waals surface area (Å²) >= 11 is 0. The van der Waals surface area contributed by atoms with Gasteiger partial charge in [-0.1, -0.05) is 24.3 Å². The standard InChI is InChI=1S/C17H18N2O/c1-20-17-7-5-14(6-8-17)9-10-19-13-16-4-2-3-15(11-16)12-18/h2-8,11,19H,9-10,13H2,1H3. The van der Waals surface area contributed by atoms with Crippen molar-refractivity contribution in [2.75, 3.05) is 13.7 Å². The number of rotatable bonds is 6. The molecule has 20 heavy (non-hydrogen) atoms. The molecule has 0 spiro atoms. The van der Waals surface area contributed by atoms with Crippen molar-refractivity contribution in [2.45, 2.75) is 13.0 Å². The highest BCUT2D eigenvalue weighted by Crippen LogP contribution is 2.11. The summed E-state index contributed by atoms with van der Waals surface area (Å²) in [5.74, 6) is 0.884. The van der Waals surface area contributed by atoms with Crippen molar-refractivity contribution in [2.24, 2.45) is 0 Å². The maximum absolute atomic E-state index is 8.84. The predicted molar refractivity (Wildman–Crippen MR) is 79.6 cm³/mol. The van der Waals surface area contributed by atoms with Gasteiger partial charge in [0.25, 0.3) is 0 Å². The number of hydrogen-bond donors (Lipinski definition) is 1. The minimum absolute atomic E-state index is 0.708. The molecule has 0 bridgehead atoms. The Morgan fingerprint density at radius 3 is 2.60 bits per heavy atom. The van der Waals surface area contributed by atoms with Gasteiger partial charge in [-0.2, -0.15) is 5.26 Å². The molecule has 0 amide bonds. The van der Waals surface area contributed by atoms with Gasteiger partial charge in [-0.05, 0) is 48.4 Å². The van der Waals surface area contributed by atoms with Crippen LogP contribution in [0.3, 0.4) is 0 Å². The molecule has 0 aromatic heterocycles. The molecule has 0 unspecified atom stereocenters. The Morgan fingerprint density at radius 2 is 1.90 bits per heavy atom. The lowest BCUT2D eigenvalue weighted by atomic mass is 10.1. The number of nitriles is 1. The normalized spacial score (nSPS) is 10.0. The molecule has 0 saturated carbocycles. The Hall–Kier alpha value is -2.31. The lowest BCUT2D eigenvalue weighted by Crippen LogP contribution is -2.16. The van der Waals surface area contributed by atoms with Crippen molar-refractivity contribution in [3.63, 3.8) is 0 Å². The molecule has 3 nitrogen and oxygen atoms in total. The molecule has 0 heterocycles. The molecule has 0 aliphatic carbocycles. The number of hydrogen-bond acceptors (Lipinski definition) is 3. The Balaban J connectivity index is 1.77. The Bertz CT molecular complexity index is 585. The lowest BCUT2D eigenvalue weighted by molar-refractivity contribution is 0.414. The summed E-state index contributed by atoms with van der Waals surface area (Å²) in [5, 5.41) is 12.2. The topological polar surface area (TPSA) is 45.0 Å². The average molecular weight is 266 g/mol. The molecule has 0 atom stereocenters. The molecular weight excluding hydrogens is 248 g/mol. The Labute approximate surface area is 119 Å². The molecule has 1 N–H and O–H groups in total. The van der Waals surface area contributed by atoms with Gasteiger partial charge in [-0.3, -0.25) is 0 Å². The summed E-state index contributed by atoms with van der Waals surface area (Å²) < 4.78 is 5.13. The van der Waals surface area contributed by atoms with Crippen molar-refractivity contribution in [3.05, 3.63) is 65.2 Å². The monoisotopic (exact) mass is 266 g/mol. The first-order chi connectivity index (χ1) is 9.81. The van der Waals surface area contributed by atoms with Gasteiger partial charge in [-0.25, -0.2) is 0 Å². The highest BCUT2D eigenvalue weighted by atomic mass is 16.5. The molecule has 2 aromatic rings. The summed E-state index contributed by atoms with van der Waals surface area (Å²) in [5.41, 5.74) is 3.13. The number of nitrogens with one attached hydrogen (secondary N) is 1. The van der Waals surface area contributed by atoms with Crippen molar-refractivity contribution in [1.29, 1.82) is 5.26 Å². The Morgan fingerprint density at radius 1 is 1.10 bits per heavy atom. The van der Waals surface area contributed by atoms with Crippen LogP contribution in [0.4, 0.5) is 0 Å². The summed E-state index contributed by atoms with van der Waals surface area (Å²) in [6.07, 6.45) is 0.974. The molecular formula is C17H18N2O. The summed E-state index contributed by atoms with van der Waals surface area (Å²) in [7, 11) is 1.67. The van der Waals surface area contributed by atoms with Gasteiger partial charge in [0.1, 0.15) is 5.75 Å². The first-order valence-corrected chi connectivity index (χ1v) is 6.64. The van der Waals surface area contributed by atoms with E-state index in [2.05, 4.69) is 23.5 Å². The van der Waals surface area contributed by atoms with Crippen LogP contribution in [0.5, 0.6) is 5.75 Å². The number of ether oxygens (including phenoxy) is 1. The van der Waals surface area contributed by atoms with Crippen molar-refractivity contribution < 1.29 is 4.74 Å². The van der Waals surface area contributed by atoms with E-state index < -0.39 is 0 Å². The van der Waals surface area contributed by atoms with E-state index in [4.69, 9.17) is 10.00 Å². The Kier molecular flexibility index (Phi) is 5.16. The smallest absolute Gasteiger partial charge is 0.118 e. The molecule has 0 fully saturated rings. The van der Waals surface area contributed by atoms with Gasteiger partial charge in [0.05, 0.1) is 18.7 Å². The van der Waals surface area contributed by atoms with Crippen LogP contribution >= 0.6 is 0 Å². The summed E-state index contributed by atoms with van der Waals surface area (Å²) in [6.45, 7) is 1.69. The molecule has 0 saturated heterocycles. The largest absolute Gasteiger partial charge is 0.497 e. The van der Waals surface area contributed by atoms with Gasteiger partial charge < -0.3 is 10.1 Å². The fourth-order valence-electron chi connectivity index (χ4n) is 2.01.